The predicted octanol–water partition coefficient (Wildman–Crippen LogP) is 2.22. The maximum absolute atomic E-state index is 12.9. The van der Waals surface area contributed by atoms with E-state index in [0.29, 0.717) is 0 Å². The summed E-state index contributed by atoms with van der Waals surface area (Å²) in [5.41, 5.74) is -1.20. The summed E-state index contributed by atoms with van der Waals surface area (Å²) >= 11 is 0. The Bertz CT molecular complexity index is 467. The van der Waals surface area contributed by atoms with Gasteiger partial charge in [0.05, 0.1) is 0 Å². The molecule has 0 radical (unpaired) electrons. The highest BCUT2D eigenvalue weighted by Crippen LogP contribution is 2.25. The molecule has 0 bridgehead atoms. The van der Waals surface area contributed by atoms with E-state index >= 15 is 0 Å². The third-order valence-electron chi connectivity index (χ3n) is 1.37. The third kappa shape index (κ3) is 2.57. The molecule has 1 aromatic rings. The summed E-state index contributed by atoms with van der Waals surface area (Å²) in [4.78, 5) is 1.05. The van der Waals surface area contributed by atoms with Crippen LogP contribution in [-0.4, -0.2) is 13.4 Å². The maximum atomic E-state index is 12.9. The van der Waals surface area contributed by atoms with Gasteiger partial charge in [0.1, 0.15) is 11.5 Å². The summed E-state index contributed by atoms with van der Waals surface area (Å²) in [7, 11) is -0.0261. The van der Waals surface area contributed by atoms with Crippen molar-refractivity contribution in [2.75, 3.05) is 0 Å². The molecule has 0 aromatic carbocycles. The number of alkyl halides is 2. The third-order valence-corrected chi connectivity index (χ3v) is 2.69. The van der Waals surface area contributed by atoms with Crippen molar-refractivity contribution in [1.29, 1.82) is 0 Å². The van der Waals surface area contributed by atoms with Crippen molar-refractivity contribution in [3.05, 3.63) is 23.5 Å². The van der Waals surface area contributed by atoms with Crippen molar-refractivity contribution < 1.29 is 26.0 Å². The van der Waals surface area contributed by atoms with E-state index in [1.54, 1.807) is 0 Å². The van der Waals surface area contributed by atoms with Crippen LogP contribution in [0, 0.1) is 11.8 Å². The molecule has 3 nitrogen and oxygen atoms in total. The summed E-state index contributed by atoms with van der Waals surface area (Å²) in [6.07, 6.45) is -3.21. The number of hydrogen-bond donors (Lipinski definition) is 0. The molecule has 0 fully saturated rings. The number of halogens is 5. The fourth-order valence-corrected chi connectivity index (χ4v) is 1.77. The van der Waals surface area contributed by atoms with E-state index in [1.165, 1.54) is 0 Å². The second kappa shape index (κ2) is 3.93. The molecule has 9 heteroatoms. The first-order valence-electron chi connectivity index (χ1n) is 3.32. The van der Waals surface area contributed by atoms with Gasteiger partial charge >= 0.3 is 0 Å². The minimum absolute atomic E-state index is 0.114. The van der Waals surface area contributed by atoms with E-state index in [4.69, 9.17) is 0 Å². The Morgan fingerprint density at radius 2 is 1.87 bits per heavy atom. The summed E-state index contributed by atoms with van der Waals surface area (Å²) in [5.74, 6) is -3.59. The lowest BCUT2D eigenvalue weighted by Gasteiger charge is -2.03. The summed E-state index contributed by atoms with van der Waals surface area (Å²) in [6, 6.07) is 0.114. The zero-order chi connectivity index (χ0) is 11.8. The van der Waals surface area contributed by atoms with Crippen LogP contribution in [0.15, 0.2) is 11.0 Å². The Balaban J connectivity index is 3.48. The summed E-state index contributed by atoms with van der Waals surface area (Å²) < 4.78 is 70.9. The number of pyridine rings is 1. The van der Waals surface area contributed by atoms with Crippen LogP contribution in [0.25, 0.3) is 0 Å². The van der Waals surface area contributed by atoms with Gasteiger partial charge in [-0.25, -0.2) is 26.6 Å². The Morgan fingerprint density at radius 1 is 1.33 bits per heavy atom. The molecule has 0 atom stereocenters. The van der Waals surface area contributed by atoms with Crippen LogP contribution in [0.4, 0.5) is 17.6 Å². The van der Waals surface area contributed by atoms with Crippen LogP contribution >= 0.6 is 10.7 Å². The van der Waals surface area contributed by atoms with Crippen molar-refractivity contribution in [2.45, 2.75) is 11.3 Å². The number of nitrogens with zero attached hydrogens (tertiary/aromatic N) is 1. The summed E-state index contributed by atoms with van der Waals surface area (Å²) in [6.45, 7) is 0. The Kier molecular flexibility index (Phi) is 3.19. The zero-order valence-corrected chi connectivity index (χ0v) is 8.29. The second-order valence-electron chi connectivity index (χ2n) is 2.39. The van der Waals surface area contributed by atoms with Crippen LogP contribution in [0.5, 0.6) is 0 Å². The summed E-state index contributed by atoms with van der Waals surface area (Å²) in [5, 5.41) is 0. The average Bonchev–Trinajstić information content (AvgIpc) is 1.99. The Hall–Kier alpha value is -0.890. The van der Waals surface area contributed by atoms with Crippen LogP contribution in [0.1, 0.15) is 12.1 Å². The van der Waals surface area contributed by atoms with Gasteiger partial charge < -0.3 is 0 Å². The fraction of sp³-hybridized carbons (Fsp3) is 0.167. The van der Waals surface area contributed by atoms with E-state index in [9.17, 15) is 26.0 Å². The molecule has 15 heavy (non-hydrogen) atoms. The van der Waals surface area contributed by atoms with Crippen molar-refractivity contribution in [3.8, 4) is 0 Å². The predicted molar refractivity (Wildman–Crippen MR) is 42.1 cm³/mol. The van der Waals surface area contributed by atoms with Gasteiger partial charge in [0.2, 0.25) is 5.95 Å². The molecule has 0 spiro atoms. The number of hydrogen-bond acceptors (Lipinski definition) is 3. The van der Waals surface area contributed by atoms with Gasteiger partial charge in [-0.3, -0.25) is 0 Å². The van der Waals surface area contributed by atoms with Crippen molar-refractivity contribution >= 4 is 19.7 Å². The highest BCUT2D eigenvalue weighted by atomic mass is 35.7. The van der Waals surface area contributed by atoms with Gasteiger partial charge in [0.15, 0.2) is 4.90 Å². The van der Waals surface area contributed by atoms with Gasteiger partial charge in [-0.1, -0.05) is 0 Å². The normalized spacial score (nSPS) is 12.1. The second-order valence-corrected chi connectivity index (χ2v) is 4.89. The molecule has 0 unspecified atom stereocenters. The molecule has 0 saturated carbocycles. The Labute approximate surface area is 86.1 Å². The molecule has 0 saturated heterocycles. The fourth-order valence-electron chi connectivity index (χ4n) is 0.819. The van der Waals surface area contributed by atoms with E-state index in [2.05, 4.69) is 15.7 Å². The number of rotatable bonds is 2. The first-order valence-corrected chi connectivity index (χ1v) is 5.63. The molecule has 84 valence electrons. The minimum atomic E-state index is -4.69. The monoisotopic (exact) mass is 263 g/mol. The molecule has 0 aliphatic carbocycles. The van der Waals surface area contributed by atoms with Crippen LogP contribution < -0.4 is 0 Å². The van der Waals surface area contributed by atoms with Gasteiger partial charge in [0, 0.05) is 16.7 Å². The van der Waals surface area contributed by atoms with Crippen LogP contribution in [-0.2, 0) is 9.05 Å². The molecular formula is C6H2ClF4NO2S. The molecular weight excluding hydrogens is 262 g/mol. The highest BCUT2D eigenvalue weighted by molar-refractivity contribution is 8.13. The maximum Gasteiger partial charge on any atom is 0.280 e. The molecule has 0 aliphatic heterocycles. The topological polar surface area (TPSA) is 47.0 Å². The Morgan fingerprint density at radius 3 is 2.20 bits per heavy atom. The molecule has 0 amide bonds. The highest BCUT2D eigenvalue weighted by Gasteiger charge is 2.26. The molecule has 1 rings (SSSR count). The van der Waals surface area contributed by atoms with E-state index in [-0.39, 0.29) is 6.07 Å². The van der Waals surface area contributed by atoms with Gasteiger partial charge in [-0.05, 0) is 0 Å². The van der Waals surface area contributed by atoms with Crippen molar-refractivity contribution in [2.24, 2.45) is 0 Å². The van der Waals surface area contributed by atoms with E-state index in [0.717, 1.165) is 0 Å². The SMILES string of the molecule is O=S(=O)(Cl)c1c(F)cc(C(F)F)nc1F. The minimum Gasteiger partial charge on any atom is -0.217 e. The smallest absolute Gasteiger partial charge is 0.217 e. The van der Waals surface area contributed by atoms with Crippen molar-refractivity contribution in [1.82, 2.24) is 4.98 Å². The molecule has 0 N–H and O–H groups in total. The standard InChI is InChI=1S/C6H2ClF4NO2S/c7-15(13,14)4-2(8)1-3(5(9)10)12-6(4)11/h1,5H. The lowest BCUT2D eigenvalue weighted by molar-refractivity contribution is 0.143. The van der Waals surface area contributed by atoms with Gasteiger partial charge in [-0.2, -0.15) is 4.39 Å². The zero-order valence-electron chi connectivity index (χ0n) is 6.72. The average molecular weight is 264 g/mol. The lowest BCUT2D eigenvalue weighted by atomic mass is 10.3. The lowest BCUT2D eigenvalue weighted by Crippen LogP contribution is -2.05. The first-order chi connectivity index (χ1) is 6.73. The molecule has 1 heterocycles. The molecule has 0 aliphatic rings. The van der Waals surface area contributed by atoms with Crippen LogP contribution in [0.2, 0.25) is 0 Å². The van der Waals surface area contributed by atoms with Gasteiger partial charge in [-0.15, -0.1) is 0 Å². The van der Waals surface area contributed by atoms with E-state index in [1.807, 2.05) is 0 Å². The van der Waals surface area contributed by atoms with Crippen LogP contribution in [0.3, 0.4) is 0 Å². The largest absolute Gasteiger partial charge is 0.280 e. The van der Waals surface area contributed by atoms with E-state index < -0.39 is 37.8 Å². The molecule has 1 aromatic heterocycles. The van der Waals surface area contributed by atoms with Gasteiger partial charge in [0.25, 0.3) is 15.5 Å². The van der Waals surface area contributed by atoms with Crippen molar-refractivity contribution in [3.63, 3.8) is 0 Å². The first kappa shape index (κ1) is 12.2. The quantitative estimate of drug-likeness (QED) is 0.467. The number of aromatic nitrogens is 1.